The first-order valence-electron chi connectivity index (χ1n) is 7.47. The van der Waals surface area contributed by atoms with Gasteiger partial charge in [0.1, 0.15) is 23.4 Å². The van der Waals surface area contributed by atoms with Gasteiger partial charge in [-0.2, -0.15) is 0 Å². The van der Waals surface area contributed by atoms with E-state index < -0.39 is 10.4 Å². The van der Waals surface area contributed by atoms with Gasteiger partial charge in [0, 0.05) is 6.07 Å². The summed E-state index contributed by atoms with van der Waals surface area (Å²) >= 11 is 0. The molecule has 1 saturated heterocycles. The number of halogens is 1. The third-order valence-corrected chi connectivity index (χ3v) is 5.75. The van der Waals surface area contributed by atoms with Gasteiger partial charge in [-0.05, 0) is 42.8 Å². The van der Waals surface area contributed by atoms with Gasteiger partial charge in [0.15, 0.2) is 15.3 Å². The first-order chi connectivity index (χ1) is 11.4. The average Bonchev–Trinajstić information content (AvgIpc) is 2.53. The van der Waals surface area contributed by atoms with Crippen LogP contribution in [0.5, 0.6) is 11.5 Å². The number of hydrogen-bond acceptors (Lipinski definition) is 4. The summed E-state index contributed by atoms with van der Waals surface area (Å²) in [5, 5.41) is 0. The SMILES string of the molecule is COc1cccc([S+](=O)([O-])N2CC(Oc3ccc(F)c(C)c3)C2)c1. The van der Waals surface area contributed by atoms with Crippen molar-refractivity contribution in [3.05, 3.63) is 53.8 Å². The van der Waals surface area contributed by atoms with Crippen molar-refractivity contribution in [2.75, 3.05) is 20.2 Å². The maximum absolute atomic E-state index is 13.2. The summed E-state index contributed by atoms with van der Waals surface area (Å²) in [4.78, 5) is 0.193. The molecule has 0 amide bonds. The molecule has 2 aromatic rings. The number of nitrogens with zero attached hydrogens (tertiary/aromatic N) is 1. The highest BCUT2D eigenvalue weighted by Gasteiger charge is 2.42. The molecule has 0 saturated carbocycles. The van der Waals surface area contributed by atoms with Crippen molar-refractivity contribution in [1.82, 2.24) is 4.31 Å². The minimum absolute atomic E-state index is 0.193. The molecule has 1 aliphatic heterocycles. The molecular formula is C17H18FNO4S. The monoisotopic (exact) mass is 351 g/mol. The van der Waals surface area contributed by atoms with E-state index >= 15 is 0 Å². The highest BCUT2D eigenvalue weighted by atomic mass is 32.3. The fraction of sp³-hybridized carbons (Fsp3) is 0.294. The number of rotatable bonds is 5. The van der Waals surface area contributed by atoms with Crippen LogP contribution in [0.4, 0.5) is 4.39 Å². The number of hydrogen-bond donors (Lipinski definition) is 0. The van der Waals surface area contributed by atoms with Crippen LogP contribution in [0.1, 0.15) is 5.56 Å². The fourth-order valence-electron chi connectivity index (χ4n) is 2.47. The van der Waals surface area contributed by atoms with Gasteiger partial charge in [0.2, 0.25) is 0 Å². The van der Waals surface area contributed by atoms with Gasteiger partial charge in [0.25, 0.3) is 0 Å². The van der Waals surface area contributed by atoms with Gasteiger partial charge in [0.05, 0.1) is 20.2 Å². The Balaban J connectivity index is 1.64. The van der Waals surface area contributed by atoms with Gasteiger partial charge >= 0.3 is 0 Å². The lowest BCUT2D eigenvalue weighted by atomic mass is 10.2. The minimum atomic E-state index is -3.56. The maximum Gasteiger partial charge on any atom is 0.179 e. The Morgan fingerprint density at radius 3 is 2.62 bits per heavy atom. The smallest absolute Gasteiger partial charge is 0.179 e. The summed E-state index contributed by atoms with van der Waals surface area (Å²) < 4.78 is 50.4. The molecule has 1 fully saturated rings. The predicted molar refractivity (Wildman–Crippen MR) is 87.2 cm³/mol. The Hall–Kier alpha value is -1.96. The molecule has 0 spiro atoms. The normalized spacial score (nSPS) is 17.8. The van der Waals surface area contributed by atoms with Crippen LogP contribution < -0.4 is 9.47 Å². The third kappa shape index (κ3) is 3.28. The molecule has 0 aliphatic carbocycles. The van der Waals surface area contributed by atoms with Crippen LogP contribution in [0, 0.1) is 12.7 Å². The molecule has 1 atom stereocenters. The molecule has 24 heavy (non-hydrogen) atoms. The molecule has 0 bridgehead atoms. The highest BCUT2D eigenvalue weighted by molar-refractivity contribution is 7.95. The topological polar surface area (TPSA) is 61.8 Å². The Morgan fingerprint density at radius 2 is 1.96 bits per heavy atom. The second kappa shape index (κ2) is 6.51. The Kier molecular flexibility index (Phi) is 4.58. The van der Waals surface area contributed by atoms with Crippen molar-refractivity contribution in [3.8, 4) is 11.5 Å². The predicted octanol–water partition coefficient (Wildman–Crippen LogP) is 2.81. The molecule has 2 aromatic carbocycles. The van der Waals surface area contributed by atoms with E-state index in [2.05, 4.69) is 0 Å². The number of benzene rings is 2. The summed E-state index contributed by atoms with van der Waals surface area (Å²) in [6, 6.07) is 10.9. The first-order valence-corrected chi connectivity index (χ1v) is 8.91. The van der Waals surface area contributed by atoms with E-state index in [4.69, 9.17) is 9.47 Å². The van der Waals surface area contributed by atoms with Crippen molar-refractivity contribution in [2.45, 2.75) is 17.9 Å². The molecule has 5 nitrogen and oxygen atoms in total. The second-order valence-electron chi connectivity index (χ2n) is 5.65. The van der Waals surface area contributed by atoms with Crippen LogP contribution in [-0.2, 0) is 14.6 Å². The lowest BCUT2D eigenvalue weighted by Gasteiger charge is -2.39. The third-order valence-electron chi connectivity index (χ3n) is 3.93. The maximum atomic E-state index is 13.2. The van der Waals surface area contributed by atoms with E-state index in [9.17, 15) is 13.2 Å². The van der Waals surface area contributed by atoms with E-state index in [1.54, 1.807) is 31.2 Å². The molecule has 0 radical (unpaired) electrons. The molecule has 3 rings (SSSR count). The Bertz CT molecular complexity index is 792. The molecule has 128 valence electrons. The second-order valence-corrected chi connectivity index (χ2v) is 7.59. The number of sulfonamides is 1. The summed E-state index contributed by atoms with van der Waals surface area (Å²) in [7, 11) is -2.07. The van der Waals surface area contributed by atoms with Crippen molar-refractivity contribution in [1.29, 1.82) is 0 Å². The molecule has 7 heteroatoms. The van der Waals surface area contributed by atoms with Gasteiger partial charge in [-0.15, -0.1) is 4.31 Å². The molecule has 0 N–H and O–H groups in total. The lowest BCUT2D eigenvalue weighted by molar-refractivity contribution is 0.0702. The quantitative estimate of drug-likeness (QED) is 0.777. The molecule has 1 heterocycles. The van der Waals surface area contributed by atoms with E-state index in [0.29, 0.717) is 17.1 Å². The van der Waals surface area contributed by atoms with E-state index in [1.807, 2.05) is 0 Å². The van der Waals surface area contributed by atoms with Gasteiger partial charge in [-0.3, -0.25) is 0 Å². The van der Waals surface area contributed by atoms with Crippen LogP contribution >= 0.6 is 0 Å². The number of ether oxygens (including phenoxy) is 2. The zero-order chi connectivity index (χ0) is 17.3. The van der Waals surface area contributed by atoms with Gasteiger partial charge in [-0.25, -0.2) is 4.39 Å². The molecule has 0 aromatic heterocycles. The minimum Gasteiger partial charge on any atom is -0.593 e. The zero-order valence-electron chi connectivity index (χ0n) is 13.4. The summed E-state index contributed by atoms with van der Waals surface area (Å²) in [6.45, 7) is 2.18. The summed E-state index contributed by atoms with van der Waals surface area (Å²) in [5.74, 6) is 0.738. The highest BCUT2D eigenvalue weighted by Crippen LogP contribution is 2.30. The molecule has 1 aliphatic rings. The van der Waals surface area contributed by atoms with E-state index in [-0.39, 0.29) is 29.9 Å². The van der Waals surface area contributed by atoms with Crippen molar-refractivity contribution < 1.29 is 22.6 Å². The Morgan fingerprint density at radius 1 is 1.21 bits per heavy atom. The number of methoxy groups -OCH3 is 1. The van der Waals surface area contributed by atoms with E-state index in [0.717, 1.165) is 0 Å². The Labute approximate surface area is 141 Å². The average molecular weight is 351 g/mol. The fourth-order valence-corrected chi connectivity index (χ4v) is 4.00. The standard InChI is InChI=1S/C17H18FNO4S/c1-12-8-14(6-7-17(12)18)23-15-10-19(11-15)24(20,21)16-5-3-4-13(9-16)22-2/h3-9,15H,10-11H2,1-2H3. The van der Waals surface area contributed by atoms with Crippen LogP contribution in [0.25, 0.3) is 0 Å². The zero-order valence-corrected chi connectivity index (χ0v) is 14.2. The van der Waals surface area contributed by atoms with Crippen molar-refractivity contribution in [2.24, 2.45) is 0 Å². The largest absolute Gasteiger partial charge is 0.593 e. The summed E-state index contributed by atoms with van der Waals surface area (Å²) in [6.07, 6.45) is -0.241. The van der Waals surface area contributed by atoms with Crippen molar-refractivity contribution >= 4 is 10.4 Å². The molecule has 1 unspecified atom stereocenters. The van der Waals surface area contributed by atoms with Gasteiger partial charge < -0.3 is 14.0 Å². The van der Waals surface area contributed by atoms with Crippen LogP contribution in [0.2, 0.25) is 0 Å². The summed E-state index contributed by atoms with van der Waals surface area (Å²) in [5.41, 5.74) is 0.493. The van der Waals surface area contributed by atoms with E-state index in [1.165, 1.54) is 29.6 Å². The van der Waals surface area contributed by atoms with Crippen LogP contribution in [0.15, 0.2) is 47.4 Å². The molecular weight excluding hydrogens is 333 g/mol. The van der Waals surface area contributed by atoms with Crippen LogP contribution in [0.3, 0.4) is 0 Å². The number of aryl methyl sites for hydroxylation is 1. The van der Waals surface area contributed by atoms with Crippen molar-refractivity contribution in [3.63, 3.8) is 0 Å². The van der Waals surface area contributed by atoms with Crippen LogP contribution in [-0.4, -0.2) is 35.2 Å². The lowest BCUT2D eigenvalue weighted by Crippen LogP contribution is -2.58. The first kappa shape index (κ1) is 16.9. The van der Waals surface area contributed by atoms with Gasteiger partial charge in [-0.1, -0.05) is 10.3 Å².